The van der Waals surface area contributed by atoms with E-state index in [1.165, 1.54) is 70.8 Å². The Balaban J connectivity index is 0.000000351. The van der Waals surface area contributed by atoms with Crippen LogP contribution in [0.4, 0.5) is 0 Å². The summed E-state index contributed by atoms with van der Waals surface area (Å²) in [6.45, 7) is 7.70. The summed E-state index contributed by atoms with van der Waals surface area (Å²) in [5, 5.41) is 138. The standard InChI is InChI=1S/C29H53NO5.C25H43NO18/c1-5-7-9-11-12-13-14-15-16-18-24(34-29(33)26(30-22-31)20-23(3)4)21-27-25(28(32)35-27)19-17-10-8-6-2;1-6-11(26-8-2-7(3-27)12(30)15(33)13(8)31)14(32)19(37)24(40-6)43-22-10(5-29)42-25(20(38)17(22)35)44-21-9(4-28)41-23(39)18(36)16(21)34/h22-27H,5-21H2,1-4H3,(H,30,31);2,6,8-39H,3-5H2,1H3/t24-,25-,26-,27-;6-,8+,9-,10-,11-,12-,13+,14+,15+,16-,17-,18-,19-,20-,21-,22-,23?,24-,25-/m01/s1. The molecule has 5 aliphatic rings. The van der Waals surface area contributed by atoms with Crippen LogP contribution in [0.2, 0.25) is 0 Å². The normalized spacial score (nSPS) is 37.4. The number of unbranched alkanes of at least 4 members (excludes halogenated alkanes) is 11. The number of amides is 1. The van der Waals surface area contributed by atoms with Crippen LogP contribution in [0.15, 0.2) is 11.6 Å². The fourth-order valence-electron chi connectivity index (χ4n) is 10.7. The molecule has 0 aromatic heterocycles. The second-order valence-electron chi connectivity index (χ2n) is 22.2. The van der Waals surface area contributed by atoms with Gasteiger partial charge in [-0.1, -0.05) is 111 Å². The number of carbonyl (C=O) groups is 3. The van der Waals surface area contributed by atoms with Crippen molar-refractivity contribution in [2.24, 2.45) is 11.8 Å². The van der Waals surface area contributed by atoms with Gasteiger partial charge >= 0.3 is 11.9 Å². The van der Waals surface area contributed by atoms with Crippen LogP contribution in [0.3, 0.4) is 0 Å². The summed E-state index contributed by atoms with van der Waals surface area (Å²) < 4.78 is 38.8. The number of hydrogen-bond acceptors (Lipinski definition) is 24. The Morgan fingerprint density at radius 2 is 1.22 bits per heavy atom. The van der Waals surface area contributed by atoms with Gasteiger partial charge in [-0.25, -0.2) is 4.79 Å². The van der Waals surface area contributed by atoms with Gasteiger partial charge in [-0.05, 0) is 44.1 Å². The number of hydrogen-bond donors (Lipinski definition) is 15. The average Bonchev–Trinajstić information content (AvgIpc) is 3.43. The lowest BCUT2D eigenvalue weighted by Gasteiger charge is -2.48. The zero-order valence-corrected chi connectivity index (χ0v) is 46.5. The van der Waals surface area contributed by atoms with Crippen LogP contribution in [0.25, 0.3) is 0 Å². The maximum Gasteiger partial charge on any atom is 0.328 e. The van der Waals surface area contributed by atoms with Crippen molar-refractivity contribution in [2.45, 2.75) is 278 Å². The van der Waals surface area contributed by atoms with Gasteiger partial charge in [0.15, 0.2) is 18.9 Å². The Morgan fingerprint density at radius 1 is 0.671 bits per heavy atom. The van der Waals surface area contributed by atoms with Crippen molar-refractivity contribution in [3.63, 3.8) is 0 Å². The highest BCUT2D eigenvalue weighted by atomic mass is 16.7. The monoisotopic (exact) mass is 1140 g/mol. The molecule has 25 heteroatoms. The van der Waals surface area contributed by atoms with Gasteiger partial charge in [0.25, 0.3) is 0 Å². The molecule has 79 heavy (non-hydrogen) atoms. The number of aliphatic hydroxyl groups excluding tert-OH is 13. The van der Waals surface area contributed by atoms with Crippen molar-refractivity contribution >= 4 is 18.3 Å². The molecule has 0 aromatic carbocycles. The summed E-state index contributed by atoms with van der Waals surface area (Å²) in [4.78, 5) is 36.0. The Hall–Kier alpha value is -2.61. The maximum absolute atomic E-state index is 12.9. The van der Waals surface area contributed by atoms with Gasteiger partial charge in [0, 0.05) is 6.42 Å². The van der Waals surface area contributed by atoms with E-state index in [2.05, 4.69) is 24.5 Å². The number of nitrogens with one attached hydrogen (secondary N) is 2. The zero-order chi connectivity index (χ0) is 58.5. The van der Waals surface area contributed by atoms with Crippen LogP contribution >= 0.6 is 0 Å². The van der Waals surface area contributed by atoms with Crippen molar-refractivity contribution < 1.29 is 114 Å². The third kappa shape index (κ3) is 19.7. The Kier molecular flexibility index (Phi) is 30.4. The molecule has 5 rings (SSSR count). The first-order valence-corrected chi connectivity index (χ1v) is 28.7. The highest BCUT2D eigenvalue weighted by Crippen LogP contribution is 2.35. The number of cyclic esters (lactones) is 1. The average molecular weight is 1140 g/mol. The van der Waals surface area contributed by atoms with E-state index in [4.69, 9.17) is 33.2 Å². The van der Waals surface area contributed by atoms with Gasteiger partial charge in [0.05, 0.1) is 43.9 Å². The minimum atomic E-state index is -1.93. The van der Waals surface area contributed by atoms with E-state index in [1.54, 1.807) is 0 Å². The number of esters is 2. The highest BCUT2D eigenvalue weighted by molar-refractivity contribution is 5.79. The molecule has 23 atom stereocenters. The summed E-state index contributed by atoms with van der Waals surface area (Å²) in [6, 6.07) is -2.80. The van der Waals surface area contributed by atoms with Crippen LogP contribution in [0.1, 0.15) is 144 Å². The van der Waals surface area contributed by atoms with E-state index in [9.17, 15) is 80.8 Å². The van der Waals surface area contributed by atoms with Gasteiger partial charge in [-0.15, -0.1) is 0 Å². The lowest BCUT2D eigenvalue weighted by atomic mass is 9.86. The molecule has 0 aromatic rings. The molecular weight excluding hydrogens is 1040 g/mol. The third-order valence-corrected chi connectivity index (χ3v) is 15.5. The molecule has 0 radical (unpaired) electrons. The number of carbonyl (C=O) groups excluding carboxylic acids is 3. The van der Waals surface area contributed by atoms with Gasteiger partial charge in [-0.2, -0.15) is 0 Å². The lowest BCUT2D eigenvalue weighted by molar-refractivity contribution is -0.373. The molecule has 1 aliphatic carbocycles. The first kappa shape index (κ1) is 68.9. The molecule has 0 spiro atoms. The van der Waals surface area contributed by atoms with Gasteiger partial charge < -0.3 is 110 Å². The number of aliphatic hydroxyl groups is 13. The van der Waals surface area contributed by atoms with Crippen molar-refractivity contribution in [1.29, 1.82) is 0 Å². The second kappa shape index (κ2) is 34.9. The molecular formula is C54H96N2O23. The van der Waals surface area contributed by atoms with Crippen LogP contribution in [0.5, 0.6) is 0 Å². The predicted octanol–water partition coefficient (Wildman–Crippen LogP) is -1.68. The summed E-state index contributed by atoms with van der Waals surface area (Å²) in [6.07, 6.45) is -8.08. The van der Waals surface area contributed by atoms with Crippen molar-refractivity contribution in [3.05, 3.63) is 11.6 Å². The van der Waals surface area contributed by atoms with E-state index >= 15 is 0 Å². The van der Waals surface area contributed by atoms with Crippen LogP contribution in [-0.2, 0) is 47.5 Å². The Bertz CT molecular complexity index is 1780. The Labute approximate surface area is 463 Å². The van der Waals surface area contributed by atoms with Crippen LogP contribution in [-0.4, -0.2) is 239 Å². The summed E-state index contributed by atoms with van der Waals surface area (Å²) >= 11 is 0. The first-order valence-electron chi connectivity index (χ1n) is 28.7. The van der Waals surface area contributed by atoms with Crippen molar-refractivity contribution in [2.75, 3.05) is 19.8 Å². The third-order valence-electron chi connectivity index (χ3n) is 15.5. The second-order valence-corrected chi connectivity index (χ2v) is 22.2. The molecule has 460 valence electrons. The SMILES string of the molecule is CCCCCCCCCCC[C@@H](C[C@@H]1OC(=O)[C@H]1CCCCCC)OC(=O)[C@H](CC(C)C)NC=O.C[C@H]1O[C@H](O[C@H]2[C@H](O)[C@@H](O)[C@@H](O[C@H]3[C@H](O)[C@@H](O)C(O)O[C@@H]3CO)O[C@@H]2CO)[C@H](O)[C@@H](O)[C@@H]1N[C@H]1C=C(CO)[C@@H](O)[C@H](O)[C@H]1O. The number of ether oxygens (including phenoxy) is 7. The maximum atomic E-state index is 12.9. The quantitative estimate of drug-likeness (QED) is 0.0155. The topological polar surface area (TPSA) is 403 Å². The van der Waals surface area contributed by atoms with Gasteiger partial charge in [0.1, 0.15) is 97.6 Å². The molecule has 4 fully saturated rings. The smallest absolute Gasteiger partial charge is 0.328 e. The fourth-order valence-corrected chi connectivity index (χ4v) is 10.7. The predicted molar refractivity (Wildman–Crippen MR) is 279 cm³/mol. The lowest BCUT2D eigenvalue weighted by Crippen LogP contribution is -2.68. The van der Waals surface area contributed by atoms with Crippen molar-refractivity contribution in [3.8, 4) is 0 Å². The van der Waals surface area contributed by atoms with E-state index in [0.29, 0.717) is 19.3 Å². The molecule has 4 aliphatic heterocycles. The molecule has 4 saturated heterocycles. The fraction of sp³-hybridized carbons (Fsp3) is 0.907. The molecule has 1 amide bonds. The number of rotatable bonds is 32. The van der Waals surface area contributed by atoms with E-state index in [0.717, 1.165) is 38.5 Å². The first-order chi connectivity index (χ1) is 37.7. The molecule has 1 unspecified atom stereocenters. The Morgan fingerprint density at radius 3 is 1.77 bits per heavy atom. The van der Waals surface area contributed by atoms with Crippen LogP contribution < -0.4 is 10.6 Å². The van der Waals surface area contributed by atoms with Crippen molar-refractivity contribution in [1.82, 2.24) is 10.6 Å². The highest BCUT2D eigenvalue weighted by Gasteiger charge is 2.54. The molecule has 0 saturated carbocycles. The summed E-state index contributed by atoms with van der Waals surface area (Å²) in [7, 11) is 0. The van der Waals surface area contributed by atoms with E-state index in [-0.39, 0.29) is 41.6 Å². The molecule has 4 heterocycles. The minimum Gasteiger partial charge on any atom is -0.461 e. The van der Waals surface area contributed by atoms with E-state index in [1.807, 2.05) is 13.8 Å². The molecule has 15 N–H and O–H groups in total. The molecule has 25 nitrogen and oxygen atoms in total. The zero-order valence-electron chi connectivity index (χ0n) is 46.5. The van der Waals surface area contributed by atoms with Gasteiger partial charge in [-0.3, -0.25) is 9.59 Å². The molecule has 0 bridgehead atoms. The van der Waals surface area contributed by atoms with E-state index < -0.39 is 142 Å². The largest absolute Gasteiger partial charge is 0.461 e. The van der Waals surface area contributed by atoms with Gasteiger partial charge in [0.2, 0.25) is 6.41 Å². The summed E-state index contributed by atoms with van der Waals surface area (Å²) in [5.41, 5.74) is 0.0225. The minimum absolute atomic E-state index is 0.0225. The van der Waals surface area contributed by atoms with Crippen LogP contribution in [0, 0.1) is 11.8 Å². The summed E-state index contributed by atoms with van der Waals surface area (Å²) in [5.74, 6) is -0.302.